The molecule has 1 aromatic carbocycles. The minimum Gasteiger partial charge on any atom is -0.493 e. The van der Waals surface area contributed by atoms with Crippen molar-refractivity contribution in [2.24, 2.45) is 5.92 Å². The highest BCUT2D eigenvalue weighted by atomic mass is 16.5. The van der Waals surface area contributed by atoms with Crippen LogP contribution in [0.3, 0.4) is 0 Å². The molecule has 164 valence electrons. The van der Waals surface area contributed by atoms with Crippen LogP contribution in [-0.2, 0) is 14.3 Å². The fraction of sp³-hybridized carbons (Fsp3) is 0.522. The predicted octanol–water partition coefficient (Wildman–Crippen LogP) is 2.66. The van der Waals surface area contributed by atoms with Crippen LogP contribution in [0.15, 0.2) is 36.4 Å². The van der Waals surface area contributed by atoms with E-state index < -0.39 is 23.2 Å². The highest BCUT2D eigenvalue weighted by Crippen LogP contribution is 2.60. The molecule has 2 bridgehead atoms. The molecule has 7 nitrogen and oxygen atoms in total. The number of allylic oxidation sites excluding steroid dienone is 1. The molecule has 0 aliphatic heterocycles. The van der Waals surface area contributed by atoms with Crippen molar-refractivity contribution >= 4 is 5.78 Å². The Morgan fingerprint density at radius 3 is 2.10 bits per heavy atom. The van der Waals surface area contributed by atoms with Gasteiger partial charge in [0.2, 0.25) is 5.75 Å². The van der Waals surface area contributed by atoms with Gasteiger partial charge >= 0.3 is 0 Å². The third kappa shape index (κ3) is 2.72. The Labute approximate surface area is 177 Å². The first-order chi connectivity index (χ1) is 14.3. The van der Waals surface area contributed by atoms with Gasteiger partial charge in [-0.1, -0.05) is 13.0 Å². The fourth-order valence-corrected chi connectivity index (χ4v) is 5.26. The number of rotatable bonds is 8. The number of benzene rings is 1. The number of aliphatic hydroxyl groups excluding tert-OH is 1. The molecule has 1 fully saturated rings. The third-order valence-corrected chi connectivity index (χ3v) is 6.66. The van der Waals surface area contributed by atoms with E-state index in [-0.39, 0.29) is 11.7 Å². The lowest BCUT2D eigenvalue weighted by Gasteiger charge is -2.41. The number of carbonyl (C=O) groups is 1. The normalized spacial score (nSPS) is 32.6. The second kappa shape index (κ2) is 8.06. The van der Waals surface area contributed by atoms with E-state index in [0.717, 1.165) is 5.56 Å². The average molecular weight is 418 g/mol. The smallest absolute Gasteiger partial charge is 0.203 e. The van der Waals surface area contributed by atoms with Crippen LogP contribution in [0.5, 0.6) is 17.2 Å². The first kappa shape index (κ1) is 22.3. The van der Waals surface area contributed by atoms with Crippen molar-refractivity contribution in [2.75, 3.05) is 35.5 Å². The van der Waals surface area contributed by atoms with Crippen LogP contribution in [0.4, 0.5) is 0 Å². The SMILES string of the molecule is C=CCC1=C[C@]2(OC)[C@@H](O)[C@](OC)(C1=O)[C@@H](c1cc(OC)c(OC)c(OC)c1)[C@@H]2C. The molecule has 1 N–H and O–H groups in total. The monoisotopic (exact) mass is 418 g/mol. The molecule has 0 unspecified atom stereocenters. The topological polar surface area (TPSA) is 83.5 Å². The van der Waals surface area contributed by atoms with Crippen molar-refractivity contribution in [1.29, 1.82) is 0 Å². The Kier molecular flexibility index (Phi) is 6.00. The minimum atomic E-state index is -1.52. The molecule has 2 aliphatic rings. The predicted molar refractivity (Wildman–Crippen MR) is 111 cm³/mol. The van der Waals surface area contributed by atoms with Gasteiger partial charge in [-0.2, -0.15) is 0 Å². The first-order valence-corrected chi connectivity index (χ1v) is 9.78. The summed E-state index contributed by atoms with van der Waals surface area (Å²) in [6.45, 7) is 5.70. The molecule has 0 aromatic heterocycles. The van der Waals surface area contributed by atoms with Gasteiger partial charge in [0.15, 0.2) is 22.9 Å². The molecule has 7 heteroatoms. The van der Waals surface area contributed by atoms with Crippen LogP contribution < -0.4 is 14.2 Å². The number of Topliss-reactive ketones (excluding diaryl/α,β-unsaturated/α-hetero) is 1. The van der Waals surface area contributed by atoms with Crippen molar-refractivity contribution in [3.63, 3.8) is 0 Å². The van der Waals surface area contributed by atoms with Crippen LogP contribution in [0.2, 0.25) is 0 Å². The molecule has 1 saturated carbocycles. The molecule has 30 heavy (non-hydrogen) atoms. The van der Waals surface area contributed by atoms with E-state index in [1.165, 1.54) is 35.5 Å². The molecule has 0 saturated heterocycles. The van der Waals surface area contributed by atoms with Gasteiger partial charge < -0.3 is 28.8 Å². The molecule has 0 heterocycles. The van der Waals surface area contributed by atoms with Crippen molar-refractivity contribution < 1.29 is 33.6 Å². The van der Waals surface area contributed by atoms with Gasteiger partial charge in [-0.25, -0.2) is 0 Å². The summed E-state index contributed by atoms with van der Waals surface area (Å²) in [4.78, 5) is 13.6. The molecule has 2 aliphatic carbocycles. The molecule has 1 aromatic rings. The van der Waals surface area contributed by atoms with E-state index in [2.05, 4.69) is 6.58 Å². The number of ketones is 1. The quantitative estimate of drug-likeness (QED) is 0.650. The van der Waals surface area contributed by atoms with Gasteiger partial charge in [0.1, 0.15) is 11.7 Å². The van der Waals surface area contributed by atoms with Crippen LogP contribution in [0.25, 0.3) is 0 Å². The van der Waals surface area contributed by atoms with E-state index in [1.807, 2.05) is 6.92 Å². The molecule has 3 rings (SSSR count). The average Bonchev–Trinajstić information content (AvgIpc) is 2.90. The number of hydrogen-bond donors (Lipinski definition) is 1. The molecule has 5 atom stereocenters. The minimum absolute atomic E-state index is 0.270. The van der Waals surface area contributed by atoms with E-state index in [1.54, 1.807) is 24.3 Å². The van der Waals surface area contributed by atoms with Gasteiger partial charge in [0, 0.05) is 31.6 Å². The molecular formula is C23H30O7. The van der Waals surface area contributed by atoms with Gasteiger partial charge in [-0.3, -0.25) is 4.79 Å². The van der Waals surface area contributed by atoms with Gasteiger partial charge in [-0.15, -0.1) is 6.58 Å². The summed E-state index contributed by atoms with van der Waals surface area (Å²) in [5, 5.41) is 11.4. The van der Waals surface area contributed by atoms with Crippen molar-refractivity contribution in [3.8, 4) is 17.2 Å². The second-order valence-corrected chi connectivity index (χ2v) is 7.67. The zero-order valence-electron chi connectivity index (χ0n) is 18.4. The summed E-state index contributed by atoms with van der Waals surface area (Å²) in [7, 11) is 7.57. The van der Waals surface area contributed by atoms with Crippen molar-refractivity contribution in [3.05, 3.63) is 42.0 Å². The maximum absolute atomic E-state index is 13.6. The maximum Gasteiger partial charge on any atom is 0.203 e. The fourth-order valence-electron chi connectivity index (χ4n) is 5.26. The van der Waals surface area contributed by atoms with Crippen molar-refractivity contribution in [1.82, 2.24) is 0 Å². The van der Waals surface area contributed by atoms with Gasteiger partial charge in [0.25, 0.3) is 0 Å². The van der Waals surface area contributed by atoms with E-state index in [0.29, 0.717) is 29.2 Å². The summed E-state index contributed by atoms with van der Waals surface area (Å²) >= 11 is 0. The van der Waals surface area contributed by atoms with Crippen LogP contribution >= 0.6 is 0 Å². The Balaban J connectivity index is 2.29. The number of methoxy groups -OCH3 is 5. The summed E-state index contributed by atoms with van der Waals surface area (Å²) in [5.74, 6) is 0.262. The van der Waals surface area contributed by atoms with Crippen molar-refractivity contribution in [2.45, 2.75) is 36.6 Å². The molecule has 0 radical (unpaired) electrons. The molecule has 0 amide bonds. The Morgan fingerprint density at radius 1 is 1.07 bits per heavy atom. The van der Waals surface area contributed by atoms with Crippen LogP contribution in [0, 0.1) is 5.92 Å². The molecule has 0 spiro atoms. The first-order valence-electron chi connectivity index (χ1n) is 9.78. The Bertz CT molecular complexity index is 851. The number of carbonyl (C=O) groups excluding carboxylic acids is 1. The summed E-state index contributed by atoms with van der Waals surface area (Å²) in [5.41, 5.74) is -1.38. The maximum atomic E-state index is 13.6. The van der Waals surface area contributed by atoms with Crippen LogP contribution in [0.1, 0.15) is 24.8 Å². The largest absolute Gasteiger partial charge is 0.493 e. The number of fused-ring (bicyclic) bond motifs is 2. The van der Waals surface area contributed by atoms with Gasteiger partial charge in [-0.05, 0) is 30.2 Å². The highest BCUT2D eigenvalue weighted by Gasteiger charge is 2.72. The summed E-state index contributed by atoms with van der Waals surface area (Å²) < 4.78 is 28.2. The van der Waals surface area contributed by atoms with Gasteiger partial charge in [0.05, 0.1) is 21.3 Å². The zero-order chi connectivity index (χ0) is 22.3. The van der Waals surface area contributed by atoms with E-state index in [9.17, 15) is 9.90 Å². The van der Waals surface area contributed by atoms with E-state index in [4.69, 9.17) is 23.7 Å². The van der Waals surface area contributed by atoms with Crippen LogP contribution in [-0.4, -0.2) is 63.7 Å². The lowest BCUT2D eigenvalue weighted by molar-refractivity contribution is -0.169. The lowest BCUT2D eigenvalue weighted by atomic mass is 9.74. The molecular weight excluding hydrogens is 388 g/mol. The standard InChI is InChI=1S/C23H30O7/c1-8-9-14-12-22(29-6)13(2)18(23(30-7,20(14)24)21(22)25)15-10-16(26-3)19(28-5)17(11-15)27-4/h8,10-13,18,21,25H,1,9H2,2-7H3/t13-,18+,21+,22+,23+/m0/s1. The number of ether oxygens (including phenoxy) is 5. The highest BCUT2D eigenvalue weighted by molar-refractivity contribution is 6.06. The second-order valence-electron chi connectivity index (χ2n) is 7.67. The number of hydrogen-bond acceptors (Lipinski definition) is 7. The Hall–Kier alpha value is -2.35. The summed E-state index contributed by atoms with van der Waals surface area (Å²) in [6.07, 6.45) is 2.56. The van der Waals surface area contributed by atoms with E-state index >= 15 is 0 Å². The number of aliphatic hydroxyl groups is 1. The third-order valence-electron chi connectivity index (χ3n) is 6.66. The zero-order valence-corrected chi connectivity index (χ0v) is 18.4. The lowest BCUT2D eigenvalue weighted by Crippen LogP contribution is -2.60. The Morgan fingerprint density at radius 2 is 1.67 bits per heavy atom. The summed E-state index contributed by atoms with van der Waals surface area (Å²) in [6, 6.07) is 3.58.